The second-order valence-electron chi connectivity index (χ2n) is 6.37. The molecule has 2 aromatic carbocycles. The molecule has 0 spiro atoms. The number of ether oxygens (including phenoxy) is 1. The van der Waals surface area contributed by atoms with Gasteiger partial charge in [0.1, 0.15) is 11.6 Å². The molecule has 2 aromatic rings. The van der Waals surface area contributed by atoms with Crippen molar-refractivity contribution in [3.05, 3.63) is 64.4 Å². The summed E-state index contributed by atoms with van der Waals surface area (Å²) < 4.78 is 19.0. The van der Waals surface area contributed by atoms with Gasteiger partial charge in [0.05, 0.1) is 17.7 Å². The predicted octanol–water partition coefficient (Wildman–Crippen LogP) is 3.52. The summed E-state index contributed by atoms with van der Waals surface area (Å²) in [5.41, 5.74) is 0.420. The van der Waals surface area contributed by atoms with Gasteiger partial charge in [-0.3, -0.25) is 9.59 Å². The third-order valence-electron chi connectivity index (χ3n) is 4.62. The number of piperidine rings is 1. The molecule has 0 aromatic heterocycles. The molecule has 1 saturated heterocycles. The maximum Gasteiger partial charge on any atom is 0.255 e. The van der Waals surface area contributed by atoms with Gasteiger partial charge in [-0.25, -0.2) is 4.39 Å². The van der Waals surface area contributed by atoms with Gasteiger partial charge in [0, 0.05) is 24.7 Å². The van der Waals surface area contributed by atoms with E-state index in [4.69, 9.17) is 16.3 Å². The number of halogens is 2. The van der Waals surface area contributed by atoms with Crippen molar-refractivity contribution in [3.8, 4) is 5.75 Å². The monoisotopic (exact) mass is 390 g/mol. The maximum atomic E-state index is 13.9. The number of nitrogens with zero attached hydrogens (tertiary/aromatic N) is 1. The zero-order valence-electron chi connectivity index (χ0n) is 14.9. The van der Waals surface area contributed by atoms with E-state index in [1.54, 1.807) is 36.3 Å². The van der Waals surface area contributed by atoms with Crippen LogP contribution in [0.25, 0.3) is 0 Å². The van der Waals surface area contributed by atoms with Crippen LogP contribution in [-0.4, -0.2) is 43.0 Å². The molecule has 1 heterocycles. The Kier molecular flexibility index (Phi) is 5.96. The Hall–Kier alpha value is -2.60. The molecule has 0 bridgehead atoms. The van der Waals surface area contributed by atoms with Crippen LogP contribution in [0.1, 0.15) is 33.6 Å². The van der Waals surface area contributed by atoms with Crippen LogP contribution >= 0.6 is 11.6 Å². The molecule has 0 unspecified atom stereocenters. The largest absolute Gasteiger partial charge is 0.497 e. The highest BCUT2D eigenvalue weighted by atomic mass is 35.5. The Morgan fingerprint density at radius 3 is 2.56 bits per heavy atom. The van der Waals surface area contributed by atoms with Crippen LogP contribution in [-0.2, 0) is 0 Å². The summed E-state index contributed by atoms with van der Waals surface area (Å²) in [6.45, 7) is 1.01. The minimum Gasteiger partial charge on any atom is -0.497 e. The van der Waals surface area contributed by atoms with Gasteiger partial charge in [-0.15, -0.1) is 0 Å². The van der Waals surface area contributed by atoms with Crippen molar-refractivity contribution >= 4 is 23.4 Å². The quantitative estimate of drug-likeness (QED) is 0.868. The number of rotatable bonds is 4. The highest BCUT2D eigenvalue weighted by Gasteiger charge is 2.26. The van der Waals surface area contributed by atoms with Crippen molar-refractivity contribution in [2.24, 2.45) is 0 Å². The van der Waals surface area contributed by atoms with Crippen molar-refractivity contribution in [2.75, 3.05) is 20.2 Å². The Bertz CT molecular complexity index is 831. The first-order chi connectivity index (χ1) is 13.0. The highest BCUT2D eigenvalue weighted by Crippen LogP contribution is 2.21. The number of likely N-dealkylation sites (tertiary alicyclic amines) is 1. The molecule has 0 saturated carbocycles. The summed E-state index contributed by atoms with van der Waals surface area (Å²) in [6, 6.07) is 11.0. The fourth-order valence-corrected chi connectivity index (χ4v) is 3.39. The first kappa shape index (κ1) is 19.2. The fraction of sp³-hybridized carbons (Fsp3) is 0.300. The van der Waals surface area contributed by atoms with Crippen molar-refractivity contribution < 1.29 is 18.7 Å². The molecule has 0 radical (unpaired) electrons. The number of hydrogen-bond donors (Lipinski definition) is 1. The number of carbonyl (C=O) groups is 2. The van der Waals surface area contributed by atoms with Crippen LogP contribution in [0.4, 0.5) is 4.39 Å². The first-order valence-corrected chi connectivity index (χ1v) is 9.05. The van der Waals surface area contributed by atoms with E-state index in [0.717, 1.165) is 0 Å². The molecular weight excluding hydrogens is 371 g/mol. The fourth-order valence-electron chi connectivity index (χ4n) is 3.14. The third-order valence-corrected chi connectivity index (χ3v) is 4.94. The Morgan fingerprint density at radius 2 is 1.89 bits per heavy atom. The summed E-state index contributed by atoms with van der Waals surface area (Å²) in [5.74, 6) is -0.623. The average Bonchev–Trinajstić information content (AvgIpc) is 2.68. The maximum absolute atomic E-state index is 13.9. The van der Waals surface area contributed by atoms with Gasteiger partial charge in [0.25, 0.3) is 11.8 Å². The molecule has 142 valence electrons. The van der Waals surface area contributed by atoms with Crippen LogP contribution in [0, 0.1) is 5.82 Å². The van der Waals surface area contributed by atoms with E-state index in [9.17, 15) is 14.0 Å². The Balaban J connectivity index is 1.58. The predicted molar refractivity (Wildman–Crippen MR) is 101 cm³/mol. The van der Waals surface area contributed by atoms with Crippen LogP contribution in [0.3, 0.4) is 0 Å². The van der Waals surface area contributed by atoms with E-state index in [0.29, 0.717) is 37.2 Å². The zero-order chi connectivity index (χ0) is 19.4. The second-order valence-corrected chi connectivity index (χ2v) is 6.78. The van der Waals surface area contributed by atoms with Crippen molar-refractivity contribution in [3.63, 3.8) is 0 Å². The number of hydrogen-bond acceptors (Lipinski definition) is 3. The van der Waals surface area contributed by atoms with Gasteiger partial charge in [-0.2, -0.15) is 0 Å². The van der Waals surface area contributed by atoms with Gasteiger partial charge in [0.15, 0.2) is 0 Å². The molecule has 1 fully saturated rings. The van der Waals surface area contributed by atoms with Crippen molar-refractivity contribution in [1.29, 1.82) is 0 Å². The van der Waals surface area contributed by atoms with Crippen LogP contribution in [0.2, 0.25) is 5.02 Å². The molecule has 1 aliphatic rings. The van der Waals surface area contributed by atoms with E-state index in [-0.39, 0.29) is 22.5 Å². The molecule has 2 amide bonds. The average molecular weight is 391 g/mol. The standard InChI is InChI=1S/C20H20ClFN2O3/c1-27-15-5-2-4-13(12-15)20(26)24-10-8-14(9-11-24)23-19(25)18-16(21)6-3-7-17(18)22/h2-7,12,14H,8-11H2,1H3,(H,23,25). The van der Waals surface area contributed by atoms with E-state index >= 15 is 0 Å². The number of methoxy groups -OCH3 is 1. The molecule has 3 rings (SSSR count). The summed E-state index contributed by atoms with van der Waals surface area (Å²) in [6.07, 6.45) is 1.18. The highest BCUT2D eigenvalue weighted by molar-refractivity contribution is 6.33. The molecule has 7 heteroatoms. The SMILES string of the molecule is COc1cccc(C(=O)N2CCC(NC(=O)c3c(F)cccc3Cl)CC2)c1. The van der Waals surface area contributed by atoms with E-state index in [1.165, 1.54) is 18.2 Å². The topological polar surface area (TPSA) is 58.6 Å². The Morgan fingerprint density at radius 1 is 1.19 bits per heavy atom. The second kappa shape index (κ2) is 8.39. The van der Waals surface area contributed by atoms with Crippen LogP contribution in [0.5, 0.6) is 5.75 Å². The number of amides is 2. The van der Waals surface area contributed by atoms with Gasteiger partial charge in [-0.05, 0) is 43.2 Å². The molecule has 5 nitrogen and oxygen atoms in total. The summed E-state index contributed by atoms with van der Waals surface area (Å²) >= 11 is 5.94. The van der Waals surface area contributed by atoms with E-state index in [1.807, 2.05) is 0 Å². The summed E-state index contributed by atoms with van der Waals surface area (Å²) in [5, 5.41) is 2.89. The molecular formula is C20H20ClFN2O3. The van der Waals surface area contributed by atoms with Gasteiger partial charge in [0.2, 0.25) is 0 Å². The first-order valence-electron chi connectivity index (χ1n) is 8.68. The number of carbonyl (C=O) groups excluding carboxylic acids is 2. The lowest BCUT2D eigenvalue weighted by Crippen LogP contribution is -2.46. The zero-order valence-corrected chi connectivity index (χ0v) is 15.6. The molecule has 0 aliphatic carbocycles. The lowest BCUT2D eigenvalue weighted by Gasteiger charge is -2.32. The van der Waals surface area contributed by atoms with Gasteiger partial charge < -0.3 is 15.0 Å². The number of benzene rings is 2. The van der Waals surface area contributed by atoms with Crippen LogP contribution < -0.4 is 10.1 Å². The lowest BCUT2D eigenvalue weighted by atomic mass is 10.0. The minimum atomic E-state index is -0.648. The molecule has 1 aliphatic heterocycles. The molecule has 1 N–H and O–H groups in total. The number of nitrogens with one attached hydrogen (secondary N) is 1. The normalized spacial score (nSPS) is 14.7. The van der Waals surface area contributed by atoms with E-state index in [2.05, 4.69) is 5.32 Å². The van der Waals surface area contributed by atoms with Crippen LogP contribution in [0.15, 0.2) is 42.5 Å². The van der Waals surface area contributed by atoms with Gasteiger partial charge in [-0.1, -0.05) is 23.7 Å². The summed E-state index contributed by atoms with van der Waals surface area (Å²) in [4.78, 5) is 26.7. The molecule has 27 heavy (non-hydrogen) atoms. The summed E-state index contributed by atoms with van der Waals surface area (Å²) in [7, 11) is 1.56. The van der Waals surface area contributed by atoms with Crippen molar-refractivity contribution in [2.45, 2.75) is 18.9 Å². The molecule has 0 atom stereocenters. The van der Waals surface area contributed by atoms with Gasteiger partial charge >= 0.3 is 0 Å². The Labute approximate surface area is 162 Å². The minimum absolute atomic E-state index is 0.0733. The van der Waals surface area contributed by atoms with Crippen molar-refractivity contribution in [1.82, 2.24) is 10.2 Å². The van der Waals surface area contributed by atoms with E-state index < -0.39 is 11.7 Å². The smallest absolute Gasteiger partial charge is 0.255 e. The lowest BCUT2D eigenvalue weighted by molar-refractivity contribution is 0.0697. The third kappa shape index (κ3) is 4.39.